The summed E-state index contributed by atoms with van der Waals surface area (Å²) in [6.45, 7) is 7.47. The Kier molecular flexibility index (Phi) is 4.49. The van der Waals surface area contributed by atoms with Gasteiger partial charge in [0, 0.05) is 11.5 Å². The first kappa shape index (κ1) is 13.9. The van der Waals surface area contributed by atoms with Crippen molar-refractivity contribution < 1.29 is 9.53 Å². The van der Waals surface area contributed by atoms with E-state index in [0.29, 0.717) is 5.13 Å². The van der Waals surface area contributed by atoms with Gasteiger partial charge in [-0.05, 0) is 32.9 Å². The first-order valence-corrected chi connectivity index (χ1v) is 5.96. The van der Waals surface area contributed by atoms with Gasteiger partial charge in [-0.1, -0.05) is 9.59 Å². The van der Waals surface area contributed by atoms with Crippen LogP contribution in [0.25, 0.3) is 0 Å². The second-order valence-electron chi connectivity index (χ2n) is 4.62. The van der Waals surface area contributed by atoms with Gasteiger partial charge in [0.15, 0.2) is 0 Å². The number of carbonyl (C=O) groups is 1. The molecule has 2 atom stereocenters. The van der Waals surface area contributed by atoms with Gasteiger partial charge in [0.25, 0.3) is 0 Å². The molecule has 0 fully saturated rings. The van der Waals surface area contributed by atoms with Crippen molar-refractivity contribution in [1.82, 2.24) is 14.8 Å². The van der Waals surface area contributed by atoms with E-state index in [1.54, 1.807) is 6.92 Å². The van der Waals surface area contributed by atoms with Crippen LogP contribution in [0.1, 0.15) is 27.7 Å². The van der Waals surface area contributed by atoms with Gasteiger partial charge in [-0.2, -0.15) is 0 Å². The van der Waals surface area contributed by atoms with Crippen molar-refractivity contribution >= 4 is 22.6 Å². The lowest BCUT2D eigenvalue weighted by Crippen LogP contribution is -2.47. The van der Waals surface area contributed by atoms with Crippen molar-refractivity contribution in [2.24, 2.45) is 5.73 Å². The van der Waals surface area contributed by atoms with Crippen LogP contribution in [-0.4, -0.2) is 38.5 Å². The molecule has 17 heavy (non-hydrogen) atoms. The molecule has 0 radical (unpaired) electrons. The first-order chi connectivity index (χ1) is 7.79. The number of hydrogen-bond acceptors (Lipinski definition) is 7. The Bertz CT molecular complexity index is 362. The molecule has 1 aromatic heterocycles. The van der Waals surface area contributed by atoms with E-state index < -0.39 is 12.1 Å². The summed E-state index contributed by atoms with van der Waals surface area (Å²) in [5, 5.41) is 9.83. The van der Waals surface area contributed by atoms with E-state index in [1.165, 1.54) is 0 Å². The maximum Gasteiger partial charge on any atom is 0.245 e. The number of nitrogens with one attached hydrogen (secondary N) is 1. The molecule has 8 heteroatoms. The number of nitrogens with two attached hydrogens (primary N) is 1. The molecule has 0 spiro atoms. The lowest BCUT2D eigenvalue weighted by Gasteiger charge is -2.28. The van der Waals surface area contributed by atoms with Gasteiger partial charge in [-0.3, -0.25) is 10.1 Å². The number of anilines is 1. The number of amides is 1. The molecule has 0 aliphatic rings. The largest absolute Gasteiger partial charge is 0.371 e. The monoisotopic (exact) mass is 259 g/mol. The average molecular weight is 259 g/mol. The van der Waals surface area contributed by atoms with Gasteiger partial charge >= 0.3 is 0 Å². The molecule has 0 bridgehead atoms. The number of rotatable bonds is 4. The van der Waals surface area contributed by atoms with Crippen molar-refractivity contribution in [2.75, 3.05) is 5.32 Å². The van der Waals surface area contributed by atoms with Crippen LogP contribution in [0.4, 0.5) is 5.13 Å². The number of nitrogens with zero attached hydrogens (tertiary/aromatic N) is 3. The number of ether oxygens (including phenoxy) is 1. The van der Waals surface area contributed by atoms with Crippen molar-refractivity contribution in [2.45, 2.75) is 45.4 Å². The summed E-state index contributed by atoms with van der Waals surface area (Å²) in [7, 11) is 0. The Morgan fingerprint density at radius 1 is 1.53 bits per heavy atom. The zero-order chi connectivity index (χ0) is 13.1. The van der Waals surface area contributed by atoms with Crippen molar-refractivity contribution in [3.05, 3.63) is 0 Å². The predicted molar refractivity (Wildman–Crippen MR) is 64.6 cm³/mol. The van der Waals surface area contributed by atoms with E-state index in [9.17, 15) is 4.79 Å². The van der Waals surface area contributed by atoms with Crippen molar-refractivity contribution in [3.63, 3.8) is 0 Å². The van der Waals surface area contributed by atoms with E-state index in [4.69, 9.17) is 10.5 Å². The van der Waals surface area contributed by atoms with E-state index in [0.717, 1.165) is 11.5 Å². The third kappa shape index (κ3) is 4.72. The highest BCUT2D eigenvalue weighted by Crippen LogP contribution is 2.13. The zero-order valence-electron chi connectivity index (χ0n) is 10.3. The molecule has 1 amide bonds. The SMILES string of the molecule is C[C@@H](OC(C)(C)C)[C@H](N)C(=O)Nc1nnns1. The fourth-order valence-electron chi connectivity index (χ4n) is 1.21. The molecule has 1 aromatic rings. The molecule has 0 aromatic carbocycles. The van der Waals surface area contributed by atoms with E-state index >= 15 is 0 Å². The average Bonchev–Trinajstić information content (AvgIpc) is 2.66. The zero-order valence-corrected chi connectivity index (χ0v) is 11.1. The van der Waals surface area contributed by atoms with E-state index in [2.05, 4.69) is 20.1 Å². The summed E-state index contributed by atoms with van der Waals surface area (Å²) in [6, 6.07) is -0.766. The van der Waals surface area contributed by atoms with Gasteiger partial charge in [-0.15, -0.1) is 0 Å². The molecule has 1 rings (SSSR count). The molecule has 7 nitrogen and oxygen atoms in total. The summed E-state index contributed by atoms with van der Waals surface area (Å²) in [6.07, 6.45) is -0.393. The number of aromatic nitrogens is 3. The van der Waals surface area contributed by atoms with Gasteiger partial charge in [0.1, 0.15) is 6.04 Å². The third-order valence-corrected chi connectivity index (χ3v) is 2.39. The summed E-state index contributed by atoms with van der Waals surface area (Å²) in [5.41, 5.74) is 5.44. The first-order valence-electron chi connectivity index (χ1n) is 5.19. The lowest BCUT2D eigenvalue weighted by atomic mass is 10.1. The van der Waals surface area contributed by atoms with Crippen LogP contribution >= 0.6 is 11.5 Å². The van der Waals surface area contributed by atoms with Gasteiger partial charge < -0.3 is 10.5 Å². The minimum absolute atomic E-state index is 0.327. The van der Waals surface area contributed by atoms with Crippen LogP contribution in [-0.2, 0) is 9.53 Å². The Hall–Kier alpha value is -1.12. The molecule has 1 heterocycles. The quantitative estimate of drug-likeness (QED) is 0.811. The fourth-order valence-corrected chi connectivity index (χ4v) is 1.58. The highest BCUT2D eigenvalue weighted by Gasteiger charge is 2.26. The van der Waals surface area contributed by atoms with Crippen LogP contribution in [0, 0.1) is 0 Å². The third-order valence-electron chi connectivity index (χ3n) is 1.88. The van der Waals surface area contributed by atoms with Crippen LogP contribution in [0.15, 0.2) is 0 Å². The van der Waals surface area contributed by atoms with Crippen LogP contribution in [0.3, 0.4) is 0 Å². The molecular weight excluding hydrogens is 242 g/mol. The van der Waals surface area contributed by atoms with Gasteiger partial charge in [-0.25, -0.2) is 0 Å². The van der Waals surface area contributed by atoms with Crippen molar-refractivity contribution in [3.8, 4) is 0 Å². The molecular formula is C9H17N5O2S. The Morgan fingerprint density at radius 2 is 2.18 bits per heavy atom. The maximum absolute atomic E-state index is 11.7. The smallest absolute Gasteiger partial charge is 0.245 e. The molecule has 0 unspecified atom stereocenters. The Morgan fingerprint density at radius 3 is 2.65 bits per heavy atom. The summed E-state index contributed by atoms with van der Waals surface area (Å²) in [4.78, 5) is 11.7. The maximum atomic E-state index is 11.7. The second-order valence-corrected chi connectivity index (χ2v) is 5.35. The fraction of sp³-hybridized carbons (Fsp3) is 0.778. The van der Waals surface area contributed by atoms with Gasteiger partial charge in [0.2, 0.25) is 11.0 Å². The van der Waals surface area contributed by atoms with Crippen LogP contribution < -0.4 is 11.1 Å². The number of hydrogen-bond donors (Lipinski definition) is 2. The minimum Gasteiger partial charge on any atom is -0.371 e. The topological polar surface area (TPSA) is 103 Å². The molecule has 3 N–H and O–H groups in total. The highest BCUT2D eigenvalue weighted by molar-refractivity contribution is 7.09. The molecule has 0 saturated heterocycles. The molecule has 0 aliphatic heterocycles. The van der Waals surface area contributed by atoms with E-state index in [-0.39, 0.29) is 11.5 Å². The molecule has 0 aliphatic carbocycles. The summed E-state index contributed by atoms with van der Waals surface area (Å²) in [5.74, 6) is -0.361. The lowest BCUT2D eigenvalue weighted by molar-refractivity contribution is -0.124. The predicted octanol–water partition coefficient (Wildman–Crippen LogP) is 0.402. The Balaban J connectivity index is 2.51. The van der Waals surface area contributed by atoms with Crippen molar-refractivity contribution in [1.29, 1.82) is 0 Å². The Labute approximate surface area is 104 Å². The summed E-state index contributed by atoms with van der Waals surface area (Å²) >= 11 is 0.993. The number of carbonyl (C=O) groups excluding carboxylic acids is 1. The minimum atomic E-state index is -0.766. The van der Waals surface area contributed by atoms with Crippen LogP contribution in [0.5, 0.6) is 0 Å². The molecule has 0 saturated carbocycles. The van der Waals surface area contributed by atoms with Crippen LogP contribution in [0.2, 0.25) is 0 Å². The second kappa shape index (κ2) is 5.48. The van der Waals surface area contributed by atoms with Gasteiger partial charge in [0.05, 0.1) is 11.7 Å². The van der Waals surface area contributed by atoms with E-state index in [1.807, 2.05) is 20.8 Å². The summed E-state index contributed by atoms with van der Waals surface area (Å²) < 4.78 is 9.14. The highest BCUT2D eigenvalue weighted by atomic mass is 32.1. The molecule has 96 valence electrons. The standard InChI is InChI=1S/C9H17N5O2S/c1-5(16-9(2,3)4)6(10)7(15)11-8-12-13-14-17-8/h5-6H,10H2,1-4H3,(H,11,12,14,15)/t5-,6+/m1/s1. The normalized spacial score (nSPS) is 15.4.